The number of nitrogens with one attached hydrogen (secondary N) is 2. The van der Waals surface area contributed by atoms with Crippen molar-refractivity contribution in [2.24, 2.45) is 5.73 Å². The topological polar surface area (TPSA) is 79.0 Å². The Morgan fingerprint density at radius 1 is 1.18 bits per heavy atom. The summed E-state index contributed by atoms with van der Waals surface area (Å²) in [5.41, 5.74) is 8.08. The van der Waals surface area contributed by atoms with E-state index in [4.69, 9.17) is 11.1 Å². The minimum atomic E-state index is -0.210. The molecule has 0 aliphatic rings. The molecule has 0 aromatic heterocycles. The second-order valence-electron chi connectivity index (χ2n) is 4.85. The molecule has 2 rings (SSSR count). The van der Waals surface area contributed by atoms with Crippen LogP contribution >= 0.6 is 11.8 Å². The zero-order valence-electron chi connectivity index (χ0n) is 12.4. The van der Waals surface area contributed by atoms with Crippen LogP contribution in [0.3, 0.4) is 0 Å². The number of carbonyl (C=O) groups excluding carboxylic acids is 1. The number of amidine groups is 1. The Hall–Kier alpha value is -2.27. The highest BCUT2D eigenvalue weighted by molar-refractivity contribution is 7.99. The molecule has 0 aliphatic carbocycles. The molecule has 1 unspecified atom stereocenters. The average Bonchev–Trinajstić information content (AvgIpc) is 2.55. The monoisotopic (exact) mass is 313 g/mol. The molecule has 4 N–H and O–H groups in total. The van der Waals surface area contributed by atoms with E-state index in [2.05, 4.69) is 5.32 Å². The lowest BCUT2D eigenvalue weighted by molar-refractivity contribution is -0.120. The van der Waals surface area contributed by atoms with Crippen LogP contribution in [0.25, 0.3) is 0 Å². The van der Waals surface area contributed by atoms with Gasteiger partial charge in [0.15, 0.2) is 0 Å². The number of benzene rings is 2. The van der Waals surface area contributed by atoms with Crippen molar-refractivity contribution in [2.75, 3.05) is 6.26 Å². The van der Waals surface area contributed by atoms with E-state index in [1.165, 1.54) is 11.8 Å². The third-order valence-corrected chi connectivity index (χ3v) is 4.27. The van der Waals surface area contributed by atoms with Crippen LogP contribution in [0.5, 0.6) is 0 Å². The van der Waals surface area contributed by atoms with Gasteiger partial charge in [-0.3, -0.25) is 10.2 Å². The Kier molecular flexibility index (Phi) is 5.61. The van der Waals surface area contributed by atoms with E-state index < -0.39 is 0 Å². The van der Waals surface area contributed by atoms with Crippen LogP contribution in [-0.2, 0) is 11.3 Å². The van der Waals surface area contributed by atoms with Crippen LogP contribution in [0.1, 0.15) is 21.9 Å². The van der Waals surface area contributed by atoms with Gasteiger partial charge in [0.25, 0.3) is 0 Å². The number of rotatable bonds is 6. The smallest absolute Gasteiger partial charge is 0.237 e. The van der Waals surface area contributed by atoms with Crippen molar-refractivity contribution in [3.8, 4) is 0 Å². The van der Waals surface area contributed by atoms with Crippen molar-refractivity contribution in [1.82, 2.24) is 5.32 Å². The molecule has 5 heteroatoms. The molecule has 0 aliphatic heterocycles. The molecular weight excluding hydrogens is 294 g/mol. The van der Waals surface area contributed by atoms with E-state index in [9.17, 15) is 4.79 Å². The maximum atomic E-state index is 12.3. The number of hydrogen-bond acceptors (Lipinski definition) is 3. The number of amides is 1. The molecule has 0 saturated carbocycles. The van der Waals surface area contributed by atoms with E-state index in [1.54, 1.807) is 12.1 Å². The molecule has 1 amide bonds. The first kappa shape index (κ1) is 16.1. The van der Waals surface area contributed by atoms with Gasteiger partial charge >= 0.3 is 0 Å². The highest BCUT2D eigenvalue weighted by atomic mass is 32.2. The molecule has 0 saturated heterocycles. The average molecular weight is 313 g/mol. The van der Waals surface area contributed by atoms with E-state index in [-0.39, 0.29) is 17.0 Å². The highest BCUT2D eigenvalue weighted by Gasteiger charge is 2.18. The molecule has 0 radical (unpaired) electrons. The summed E-state index contributed by atoms with van der Waals surface area (Å²) in [7, 11) is 0. The summed E-state index contributed by atoms with van der Waals surface area (Å²) in [5, 5.41) is 10.1. The van der Waals surface area contributed by atoms with Gasteiger partial charge < -0.3 is 11.1 Å². The zero-order valence-corrected chi connectivity index (χ0v) is 13.2. The Balaban J connectivity index is 1.98. The fourth-order valence-corrected chi connectivity index (χ4v) is 2.83. The molecule has 114 valence electrons. The predicted molar refractivity (Wildman–Crippen MR) is 92.0 cm³/mol. The molecule has 0 bridgehead atoms. The normalized spacial score (nSPS) is 11.7. The van der Waals surface area contributed by atoms with Crippen molar-refractivity contribution in [2.45, 2.75) is 11.8 Å². The van der Waals surface area contributed by atoms with Gasteiger partial charge in [-0.1, -0.05) is 54.6 Å². The van der Waals surface area contributed by atoms with Gasteiger partial charge in [-0.2, -0.15) is 0 Å². The Labute approximate surface area is 134 Å². The SMILES string of the molecule is CSC(C(=O)NCc1ccc(C(=N)N)cc1)c1ccccc1. The molecular formula is C17H19N3OS. The number of nitrogens with two attached hydrogens (primary N) is 1. The minimum Gasteiger partial charge on any atom is -0.384 e. The first-order chi connectivity index (χ1) is 10.6. The summed E-state index contributed by atoms with van der Waals surface area (Å²) in [6, 6.07) is 17.0. The van der Waals surface area contributed by atoms with Gasteiger partial charge in [0.2, 0.25) is 5.91 Å². The fourth-order valence-electron chi connectivity index (χ4n) is 2.11. The lowest BCUT2D eigenvalue weighted by Gasteiger charge is -2.15. The fraction of sp³-hybridized carbons (Fsp3) is 0.176. The molecule has 0 heterocycles. The summed E-state index contributed by atoms with van der Waals surface area (Å²) in [4.78, 5) is 12.3. The first-order valence-electron chi connectivity index (χ1n) is 6.90. The summed E-state index contributed by atoms with van der Waals surface area (Å²) >= 11 is 1.52. The van der Waals surface area contributed by atoms with Crippen molar-refractivity contribution >= 4 is 23.5 Å². The van der Waals surface area contributed by atoms with Crippen LogP contribution in [0, 0.1) is 5.41 Å². The second kappa shape index (κ2) is 7.66. The van der Waals surface area contributed by atoms with Gasteiger partial charge in [0.05, 0.1) is 0 Å². The van der Waals surface area contributed by atoms with Gasteiger partial charge in [-0.05, 0) is 17.4 Å². The molecule has 22 heavy (non-hydrogen) atoms. The number of thioether (sulfide) groups is 1. The standard InChI is InChI=1S/C17H19N3OS/c1-22-15(13-5-3-2-4-6-13)17(21)20-11-12-7-9-14(10-8-12)16(18)19/h2-10,15H,11H2,1H3,(H3,18,19)(H,20,21). The van der Waals surface area contributed by atoms with E-state index >= 15 is 0 Å². The van der Waals surface area contributed by atoms with Crippen molar-refractivity contribution in [1.29, 1.82) is 5.41 Å². The lowest BCUT2D eigenvalue weighted by atomic mass is 10.1. The van der Waals surface area contributed by atoms with Crippen molar-refractivity contribution in [3.63, 3.8) is 0 Å². The largest absolute Gasteiger partial charge is 0.384 e. The summed E-state index contributed by atoms with van der Waals surface area (Å²) in [5.74, 6) is 0.0384. The number of hydrogen-bond donors (Lipinski definition) is 3. The number of carbonyl (C=O) groups is 1. The highest BCUT2D eigenvalue weighted by Crippen LogP contribution is 2.26. The van der Waals surface area contributed by atoms with Gasteiger partial charge in [0.1, 0.15) is 11.1 Å². The Morgan fingerprint density at radius 3 is 2.36 bits per heavy atom. The van der Waals surface area contributed by atoms with E-state index in [0.29, 0.717) is 12.1 Å². The zero-order chi connectivity index (χ0) is 15.9. The lowest BCUT2D eigenvalue weighted by Crippen LogP contribution is -2.27. The van der Waals surface area contributed by atoms with Crippen LogP contribution in [0.2, 0.25) is 0 Å². The van der Waals surface area contributed by atoms with Crippen LogP contribution < -0.4 is 11.1 Å². The third kappa shape index (κ3) is 4.11. The van der Waals surface area contributed by atoms with Crippen LogP contribution in [0.15, 0.2) is 54.6 Å². The Morgan fingerprint density at radius 2 is 1.82 bits per heavy atom. The van der Waals surface area contributed by atoms with E-state index in [1.807, 2.05) is 48.7 Å². The molecule has 2 aromatic carbocycles. The summed E-state index contributed by atoms with van der Waals surface area (Å²) in [6.07, 6.45) is 1.93. The Bertz CT molecular complexity index is 641. The van der Waals surface area contributed by atoms with Crippen LogP contribution in [0.4, 0.5) is 0 Å². The molecule has 2 aromatic rings. The third-order valence-electron chi connectivity index (χ3n) is 3.31. The minimum absolute atomic E-state index is 0.00524. The van der Waals surface area contributed by atoms with Crippen LogP contribution in [-0.4, -0.2) is 18.0 Å². The molecule has 0 fully saturated rings. The first-order valence-corrected chi connectivity index (χ1v) is 8.19. The van der Waals surface area contributed by atoms with Gasteiger partial charge in [-0.25, -0.2) is 0 Å². The predicted octanol–water partition coefficient (Wildman–Crippen LogP) is 2.69. The molecule has 0 spiro atoms. The second-order valence-corrected chi connectivity index (χ2v) is 5.80. The quantitative estimate of drug-likeness (QED) is 0.567. The summed E-state index contributed by atoms with van der Waals surface area (Å²) in [6.45, 7) is 0.459. The van der Waals surface area contributed by atoms with E-state index in [0.717, 1.165) is 11.1 Å². The molecule has 4 nitrogen and oxygen atoms in total. The summed E-state index contributed by atoms with van der Waals surface area (Å²) < 4.78 is 0. The van der Waals surface area contributed by atoms with Crippen molar-refractivity contribution < 1.29 is 4.79 Å². The number of nitrogen functional groups attached to an aromatic ring is 1. The maximum Gasteiger partial charge on any atom is 0.237 e. The van der Waals surface area contributed by atoms with Crippen molar-refractivity contribution in [3.05, 3.63) is 71.3 Å². The molecule has 1 atom stereocenters. The van der Waals surface area contributed by atoms with Gasteiger partial charge in [-0.15, -0.1) is 11.8 Å². The maximum absolute atomic E-state index is 12.3. The van der Waals surface area contributed by atoms with Gasteiger partial charge in [0, 0.05) is 12.1 Å².